The molecule has 0 spiro atoms. The Morgan fingerprint density at radius 1 is 1.07 bits per heavy atom. The van der Waals surface area contributed by atoms with Crippen LogP contribution in [0.4, 0.5) is 4.39 Å². The first-order valence-corrected chi connectivity index (χ1v) is 8.92. The van der Waals surface area contributed by atoms with Crippen molar-refractivity contribution in [1.29, 1.82) is 0 Å². The molecule has 0 radical (unpaired) electrons. The average molecular weight is 387 g/mol. The fraction of sp³-hybridized carbons (Fsp3) is 0.190. The Balaban J connectivity index is 1.92. The largest absolute Gasteiger partial charge is 0.478 e. The lowest BCUT2D eigenvalue weighted by Gasteiger charge is -2.10. The quantitative estimate of drug-likeness (QED) is 0.635. The Kier molecular flexibility index (Phi) is 5.63. The molecule has 1 heterocycles. The second-order valence-electron chi connectivity index (χ2n) is 6.34. The van der Waals surface area contributed by atoms with E-state index in [1.807, 2.05) is 23.6 Å². The van der Waals surface area contributed by atoms with E-state index in [0.29, 0.717) is 34.9 Å². The number of hydrogen-bond acceptors (Lipinski definition) is 2. The van der Waals surface area contributed by atoms with Crippen LogP contribution in [0.3, 0.4) is 0 Å². The average Bonchev–Trinajstić information content (AvgIpc) is 2.88. The molecule has 0 saturated heterocycles. The van der Waals surface area contributed by atoms with E-state index >= 15 is 0 Å². The zero-order chi connectivity index (χ0) is 19.6. The number of carbonyl (C=O) groups is 1. The Morgan fingerprint density at radius 3 is 2.37 bits per heavy atom. The van der Waals surface area contributed by atoms with Gasteiger partial charge in [-0.15, -0.1) is 0 Å². The van der Waals surface area contributed by atoms with E-state index in [1.54, 1.807) is 37.3 Å². The van der Waals surface area contributed by atoms with Crippen LogP contribution in [-0.2, 0) is 13.1 Å². The maximum atomic E-state index is 13.8. The molecule has 0 saturated carbocycles. The highest BCUT2D eigenvalue weighted by atomic mass is 35.5. The molecule has 0 fully saturated rings. The predicted octanol–water partition coefficient (Wildman–Crippen LogP) is 4.87. The first-order valence-electron chi connectivity index (χ1n) is 8.54. The molecule has 0 unspecified atom stereocenters. The standard InChI is InChI=1S/C21H20ClFN2O2/c1-13-18(12-24-11-15-5-3-4-6-19(15)23)20(21(26)27)14(2)25(13)17-9-7-16(22)8-10-17/h3-10,24H,11-12H2,1-2H3,(H,26,27). The number of benzene rings is 2. The second kappa shape index (κ2) is 7.94. The summed E-state index contributed by atoms with van der Waals surface area (Å²) in [6.07, 6.45) is 0. The third kappa shape index (κ3) is 3.89. The highest BCUT2D eigenvalue weighted by Crippen LogP contribution is 2.27. The molecule has 3 aromatic rings. The molecule has 0 atom stereocenters. The lowest BCUT2D eigenvalue weighted by atomic mass is 10.1. The highest BCUT2D eigenvalue weighted by Gasteiger charge is 2.23. The normalized spacial score (nSPS) is 11.0. The molecule has 3 rings (SSSR count). The highest BCUT2D eigenvalue weighted by molar-refractivity contribution is 6.30. The Bertz CT molecular complexity index is 981. The minimum absolute atomic E-state index is 0.267. The molecule has 140 valence electrons. The fourth-order valence-electron chi connectivity index (χ4n) is 3.34. The summed E-state index contributed by atoms with van der Waals surface area (Å²) in [7, 11) is 0. The minimum Gasteiger partial charge on any atom is -0.478 e. The molecule has 0 bridgehead atoms. The van der Waals surface area contributed by atoms with Crippen molar-refractivity contribution in [2.45, 2.75) is 26.9 Å². The lowest BCUT2D eigenvalue weighted by molar-refractivity contribution is 0.0695. The maximum absolute atomic E-state index is 13.8. The molecule has 6 heteroatoms. The third-order valence-electron chi connectivity index (χ3n) is 4.64. The second-order valence-corrected chi connectivity index (χ2v) is 6.77. The van der Waals surface area contributed by atoms with Crippen LogP contribution < -0.4 is 5.32 Å². The summed E-state index contributed by atoms with van der Waals surface area (Å²) in [4.78, 5) is 11.9. The number of aromatic nitrogens is 1. The SMILES string of the molecule is Cc1c(CNCc2ccccc2F)c(C(=O)O)c(C)n1-c1ccc(Cl)cc1. The topological polar surface area (TPSA) is 54.3 Å². The summed E-state index contributed by atoms with van der Waals surface area (Å²) in [5, 5.41) is 13.5. The summed E-state index contributed by atoms with van der Waals surface area (Å²) in [6.45, 7) is 4.30. The van der Waals surface area contributed by atoms with Crippen LogP contribution in [0.15, 0.2) is 48.5 Å². The third-order valence-corrected chi connectivity index (χ3v) is 4.90. The van der Waals surface area contributed by atoms with Crippen LogP contribution in [0.25, 0.3) is 5.69 Å². The molecule has 0 amide bonds. The van der Waals surface area contributed by atoms with Crippen molar-refractivity contribution in [3.05, 3.63) is 87.4 Å². The summed E-state index contributed by atoms with van der Waals surface area (Å²) >= 11 is 5.96. The van der Waals surface area contributed by atoms with Gasteiger partial charge < -0.3 is 15.0 Å². The number of rotatable bonds is 6. The molecule has 0 aliphatic heterocycles. The van der Waals surface area contributed by atoms with E-state index in [9.17, 15) is 14.3 Å². The van der Waals surface area contributed by atoms with Gasteiger partial charge in [-0.05, 0) is 44.2 Å². The predicted molar refractivity (Wildman–Crippen MR) is 104 cm³/mol. The van der Waals surface area contributed by atoms with E-state index in [-0.39, 0.29) is 11.4 Å². The van der Waals surface area contributed by atoms with Crippen molar-refractivity contribution in [3.8, 4) is 5.69 Å². The molecule has 2 N–H and O–H groups in total. The maximum Gasteiger partial charge on any atom is 0.337 e. The number of nitrogens with zero attached hydrogens (tertiary/aromatic N) is 1. The fourth-order valence-corrected chi connectivity index (χ4v) is 3.47. The van der Waals surface area contributed by atoms with Crippen LogP contribution >= 0.6 is 11.6 Å². The molecular formula is C21H20ClFN2O2. The number of carboxylic acid groups (broad SMARTS) is 1. The number of nitrogens with one attached hydrogen (secondary N) is 1. The zero-order valence-electron chi connectivity index (χ0n) is 15.1. The van der Waals surface area contributed by atoms with Gasteiger partial charge in [0.2, 0.25) is 0 Å². The summed E-state index contributed by atoms with van der Waals surface area (Å²) in [6, 6.07) is 13.8. The van der Waals surface area contributed by atoms with Gasteiger partial charge in [-0.3, -0.25) is 0 Å². The van der Waals surface area contributed by atoms with Gasteiger partial charge in [-0.1, -0.05) is 29.8 Å². The van der Waals surface area contributed by atoms with Crippen LogP contribution in [-0.4, -0.2) is 15.6 Å². The molecule has 2 aromatic carbocycles. The van der Waals surface area contributed by atoms with Gasteiger partial charge >= 0.3 is 5.97 Å². The number of hydrogen-bond donors (Lipinski definition) is 2. The van der Waals surface area contributed by atoms with Gasteiger partial charge in [0.1, 0.15) is 5.82 Å². The molecule has 1 aromatic heterocycles. The van der Waals surface area contributed by atoms with Crippen LogP contribution in [0.5, 0.6) is 0 Å². The smallest absolute Gasteiger partial charge is 0.337 e. The molecule has 27 heavy (non-hydrogen) atoms. The van der Waals surface area contributed by atoms with Crippen molar-refractivity contribution >= 4 is 17.6 Å². The van der Waals surface area contributed by atoms with Gasteiger partial charge in [-0.2, -0.15) is 0 Å². The van der Waals surface area contributed by atoms with Crippen molar-refractivity contribution in [1.82, 2.24) is 9.88 Å². The first kappa shape index (κ1) is 19.1. The van der Waals surface area contributed by atoms with Gasteiger partial charge in [-0.25, -0.2) is 9.18 Å². The van der Waals surface area contributed by atoms with E-state index in [2.05, 4.69) is 5.32 Å². The number of carboxylic acids is 1. The van der Waals surface area contributed by atoms with Crippen LogP contribution in [0.2, 0.25) is 5.02 Å². The minimum atomic E-state index is -0.981. The van der Waals surface area contributed by atoms with E-state index in [4.69, 9.17) is 11.6 Å². The van der Waals surface area contributed by atoms with Gasteiger partial charge in [0.25, 0.3) is 0 Å². The van der Waals surface area contributed by atoms with Crippen molar-refractivity contribution in [2.24, 2.45) is 0 Å². The van der Waals surface area contributed by atoms with Gasteiger partial charge in [0.15, 0.2) is 0 Å². The lowest BCUT2D eigenvalue weighted by Crippen LogP contribution is -2.16. The molecule has 4 nitrogen and oxygen atoms in total. The Labute approximate surface area is 162 Å². The van der Waals surface area contributed by atoms with Crippen molar-refractivity contribution in [3.63, 3.8) is 0 Å². The number of halogens is 2. The van der Waals surface area contributed by atoms with E-state index in [0.717, 1.165) is 11.4 Å². The van der Waals surface area contributed by atoms with Gasteiger partial charge in [0, 0.05) is 46.3 Å². The van der Waals surface area contributed by atoms with E-state index in [1.165, 1.54) is 6.07 Å². The molecule has 0 aliphatic carbocycles. The monoisotopic (exact) mass is 386 g/mol. The Hall–Kier alpha value is -2.63. The summed E-state index contributed by atoms with van der Waals surface area (Å²) < 4.78 is 15.7. The number of aromatic carboxylic acids is 1. The van der Waals surface area contributed by atoms with Gasteiger partial charge in [0.05, 0.1) is 5.56 Å². The molecule has 0 aliphatic rings. The van der Waals surface area contributed by atoms with E-state index < -0.39 is 5.97 Å². The first-order chi connectivity index (χ1) is 12.9. The van der Waals surface area contributed by atoms with Crippen molar-refractivity contribution in [2.75, 3.05) is 0 Å². The van der Waals surface area contributed by atoms with Crippen molar-refractivity contribution < 1.29 is 14.3 Å². The summed E-state index contributed by atoms with van der Waals surface area (Å²) in [5.41, 5.74) is 3.81. The van der Waals surface area contributed by atoms with Crippen LogP contribution in [0.1, 0.15) is 32.9 Å². The Morgan fingerprint density at radius 2 is 1.74 bits per heavy atom. The summed E-state index contributed by atoms with van der Waals surface area (Å²) in [5.74, 6) is -1.26. The van der Waals surface area contributed by atoms with Crippen LogP contribution in [0, 0.1) is 19.7 Å². The zero-order valence-corrected chi connectivity index (χ0v) is 15.8. The molecular weight excluding hydrogens is 367 g/mol.